The highest BCUT2D eigenvalue weighted by molar-refractivity contribution is 7.98. The Kier molecular flexibility index (Phi) is 5.29. The van der Waals surface area contributed by atoms with E-state index in [-0.39, 0.29) is 0 Å². The summed E-state index contributed by atoms with van der Waals surface area (Å²) in [6.45, 7) is 4.39. The molecule has 4 aromatic rings. The molecule has 27 heavy (non-hydrogen) atoms. The van der Waals surface area contributed by atoms with Gasteiger partial charge in [0.25, 0.3) is 5.78 Å². The average Bonchev–Trinajstić information content (AvgIpc) is 3.26. The Balaban J connectivity index is 1.36. The second-order valence-corrected chi connectivity index (χ2v) is 8.23. The van der Waals surface area contributed by atoms with Gasteiger partial charge in [-0.3, -0.25) is 0 Å². The third-order valence-corrected chi connectivity index (χ3v) is 5.72. The summed E-state index contributed by atoms with van der Waals surface area (Å²) in [6, 6.07) is 9.30. The highest BCUT2D eigenvalue weighted by Gasteiger charge is 2.10. The molecular formula is C18H16ClN5OS2. The van der Waals surface area contributed by atoms with Gasteiger partial charge >= 0.3 is 0 Å². The van der Waals surface area contributed by atoms with Gasteiger partial charge in [-0.15, -0.1) is 16.4 Å². The van der Waals surface area contributed by atoms with Crippen LogP contribution in [-0.2, 0) is 12.4 Å². The van der Waals surface area contributed by atoms with Crippen molar-refractivity contribution in [3.05, 3.63) is 62.8 Å². The van der Waals surface area contributed by atoms with E-state index in [1.165, 1.54) is 0 Å². The van der Waals surface area contributed by atoms with E-state index in [2.05, 4.69) is 20.1 Å². The quantitative estimate of drug-likeness (QED) is 0.423. The van der Waals surface area contributed by atoms with Gasteiger partial charge in [-0.1, -0.05) is 23.4 Å². The number of aromatic nitrogens is 5. The van der Waals surface area contributed by atoms with Crippen molar-refractivity contribution in [3.63, 3.8) is 0 Å². The molecule has 0 aliphatic rings. The van der Waals surface area contributed by atoms with E-state index in [1.807, 2.05) is 37.4 Å². The van der Waals surface area contributed by atoms with E-state index in [9.17, 15) is 0 Å². The molecule has 1 aromatic carbocycles. The number of hydrogen-bond donors (Lipinski definition) is 0. The molecule has 3 heterocycles. The van der Waals surface area contributed by atoms with Gasteiger partial charge in [0.05, 0.1) is 5.69 Å². The van der Waals surface area contributed by atoms with Gasteiger partial charge < -0.3 is 4.74 Å². The van der Waals surface area contributed by atoms with Crippen molar-refractivity contribution in [2.75, 3.05) is 0 Å². The predicted molar refractivity (Wildman–Crippen MR) is 108 cm³/mol. The molecule has 0 radical (unpaired) electrons. The molecule has 0 aliphatic carbocycles. The Labute approximate surface area is 169 Å². The number of ether oxygens (including phenoxy) is 1. The minimum Gasteiger partial charge on any atom is -0.486 e. The molecule has 4 rings (SSSR count). The van der Waals surface area contributed by atoms with Crippen LogP contribution in [0.4, 0.5) is 0 Å². The number of benzene rings is 1. The van der Waals surface area contributed by atoms with Crippen LogP contribution in [0, 0.1) is 13.8 Å². The fraction of sp³-hybridized carbons (Fsp3) is 0.222. The van der Waals surface area contributed by atoms with Crippen LogP contribution in [0.25, 0.3) is 5.78 Å². The minimum absolute atomic E-state index is 0.436. The molecule has 0 atom stereocenters. The van der Waals surface area contributed by atoms with Gasteiger partial charge in [0.2, 0.25) is 5.16 Å². The van der Waals surface area contributed by atoms with Crippen LogP contribution in [0.15, 0.2) is 40.9 Å². The lowest BCUT2D eigenvalue weighted by atomic mass is 10.3. The van der Waals surface area contributed by atoms with Crippen molar-refractivity contribution >= 4 is 40.5 Å². The van der Waals surface area contributed by atoms with Gasteiger partial charge in [-0.25, -0.2) is 14.5 Å². The fourth-order valence-corrected chi connectivity index (χ4v) is 4.15. The first-order valence-electron chi connectivity index (χ1n) is 8.22. The molecule has 3 aromatic heterocycles. The van der Waals surface area contributed by atoms with Crippen LogP contribution < -0.4 is 4.74 Å². The lowest BCUT2D eigenvalue weighted by Gasteiger charge is -2.03. The molecule has 9 heteroatoms. The maximum absolute atomic E-state index is 5.88. The standard InChI is InChI=1S/C18H16ClN5OS2/c1-11-7-12(2)24-17(20-11)22-18(23-24)27-10-14-9-26-16(21-14)8-25-15-5-3-13(19)4-6-15/h3-7,9H,8,10H2,1-2H3. The number of fused-ring (bicyclic) bond motifs is 1. The first kappa shape index (κ1) is 18.2. The summed E-state index contributed by atoms with van der Waals surface area (Å²) in [5, 5.41) is 8.86. The number of thioether (sulfide) groups is 1. The van der Waals surface area contributed by atoms with Crippen LogP contribution >= 0.6 is 34.7 Å². The number of halogens is 1. The maximum atomic E-state index is 5.88. The third kappa shape index (κ3) is 4.40. The lowest BCUT2D eigenvalue weighted by Crippen LogP contribution is -1.97. The highest BCUT2D eigenvalue weighted by atomic mass is 35.5. The summed E-state index contributed by atoms with van der Waals surface area (Å²) in [7, 11) is 0. The Bertz CT molecular complexity index is 1080. The van der Waals surface area contributed by atoms with Gasteiger partial charge in [-0.05, 0) is 44.2 Å². The van der Waals surface area contributed by atoms with Crippen molar-refractivity contribution in [2.24, 2.45) is 0 Å². The summed E-state index contributed by atoms with van der Waals surface area (Å²) in [6.07, 6.45) is 0. The number of thiazole rings is 1. The zero-order valence-corrected chi connectivity index (χ0v) is 17.1. The Morgan fingerprint density at radius 1 is 1.15 bits per heavy atom. The number of hydrogen-bond acceptors (Lipinski definition) is 7. The fourth-order valence-electron chi connectivity index (χ4n) is 2.50. The summed E-state index contributed by atoms with van der Waals surface area (Å²) in [4.78, 5) is 13.5. The van der Waals surface area contributed by atoms with Crippen molar-refractivity contribution in [1.29, 1.82) is 0 Å². The molecule has 138 valence electrons. The van der Waals surface area contributed by atoms with E-state index >= 15 is 0 Å². The van der Waals surface area contributed by atoms with Crippen LogP contribution in [0.5, 0.6) is 5.75 Å². The lowest BCUT2D eigenvalue weighted by molar-refractivity contribution is 0.305. The van der Waals surface area contributed by atoms with Gasteiger partial charge in [0, 0.05) is 27.5 Å². The van der Waals surface area contributed by atoms with Crippen LogP contribution in [0.3, 0.4) is 0 Å². The molecule has 0 amide bonds. The second kappa shape index (κ2) is 7.84. The Morgan fingerprint density at radius 3 is 2.78 bits per heavy atom. The predicted octanol–water partition coefficient (Wildman–Crippen LogP) is 4.72. The van der Waals surface area contributed by atoms with E-state index in [1.54, 1.807) is 39.7 Å². The summed E-state index contributed by atoms with van der Waals surface area (Å²) in [5.74, 6) is 2.11. The zero-order valence-electron chi connectivity index (χ0n) is 14.7. The number of aryl methyl sites for hydroxylation is 2. The normalized spacial score (nSPS) is 11.2. The van der Waals surface area contributed by atoms with Crippen LogP contribution in [0.2, 0.25) is 5.02 Å². The van der Waals surface area contributed by atoms with E-state index in [4.69, 9.17) is 16.3 Å². The first-order valence-corrected chi connectivity index (χ1v) is 10.5. The molecule has 0 N–H and O–H groups in total. The Morgan fingerprint density at radius 2 is 1.96 bits per heavy atom. The number of nitrogens with zero attached hydrogens (tertiary/aromatic N) is 5. The SMILES string of the molecule is Cc1cc(C)n2nc(SCc3csc(COc4ccc(Cl)cc4)n3)nc2n1. The summed E-state index contributed by atoms with van der Waals surface area (Å²) < 4.78 is 7.50. The van der Waals surface area contributed by atoms with Gasteiger partial charge in [-0.2, -0.15) is 4.98 Å². The topological polar surface area (TPSA) is 65.2 Å². The average molecular weight is 418 g/mol. The Hall–Kier alpha value is -2.16. The largest absolute Gasteiger partial charge is 0.486 e. The van der Waals surface area contributed by atoms with Crippen LogP contribution in [-0.4, -0.2) is 24.6 Å². The maximum Gasteiger partial charge on any atom is 0.253 e. The molecule has 0 saturated carbocycles. The first-order chi connectivity index (χ1) is 13.1. The zero-order chi connectivity index (χ0) is 18.8. The van der Waals surface area contributed by atoms with Crippen molar-refractivity contribution < 1.29 is 4.74 Å². The molecule has 0 aliphatic heterocycles. The second-order valence-electron chi connectivity index (χ2n) is 5.91. The van der Waals surface area contributed by atoms with E-state index in [0.717, 1.165) is 27.8 Å². The molecule has 0 saturated heterocycles. The molecule has 0 spiro atoms. The smallest absolute Gasteiger partial charge is 0.253 e. The van der Waals surface area contributed by atoms with E-state index < -0.39 is 0 Å². The molecule has 6 nitrogen and oxygen atoms in total. The van der Waals surface area contributed by atoms with Gasteiger partial charge in [0.1, 0.15) is 17.4 Å². The summed E-state index contributed by atoms with van der Waals surface area (Å²) >= 11 is 9.01. The number of rotatable bonds is 6. The molecular weight excluding hydrogens is 402 g/mol. The molecule has 0 fully saturated rings. The molecule has 0 unspecified atom stereocenters. The molecule has 0 bridgehead atoms. The minimum atomic E-state index is 0.436. The summed E-state index contributed by atoms with van der Waals surface area (Å²) in [5.41, 5.74) is 2.94. The van der Waals surface area contributed by atoms with Crippen LogP contribution in [0.1, 0.15) is 22.1 Å². The van der Waals surface area contributed by atoms with Crippen molar-refractivity contribution in [1.82, 2.24) is 24.6 Å². The van der Waals surface area contributed by atoms with Gasteiger partial charge in [0.15, 0.2) is 0 Å². The van der Waals surface area contributed by atoms with Crippen molar-refractivity contribution in [3.8, 4) is 5.75 Å². The van der Waals surface area contributed by atoms with Crippen molar-refractivity contribution in [2.45, 2.75) is 31.4 Å². The monoisotopic (exact) mass is 417 g/mol. The third-order valence-electron chi connectivity index (χ3n) is 3.72. The highest BCUT2D eigenvalue weighted by Crippen LogP contribution is 2.23. The van der Waals surface area contributed by atoms with E-state index in [0.29, 0.717) is 28.3 Å².